The molecule has 1 amide bonds. The number of ether oxygens (including phenoxy) is 2. The van der Waals surface area contributed by atoms with E-state index in [9.17, 15) is 18.0 Å². The Hall–Kier alpha value is -3.56. The Morgan fingerprint density at radius 2 is 1.87 bits per heavy atom. The number of hydrogen-bond acceptors (Lipinski definition) is 6. The van der Waals surface area contributed by atoms with Crippen molar-refractivity contribution in [2.75, 3.05) is 0 Å². The molecule has 0 unspecified atom stereocenters. The van der Waals surface area contributed by atoms with Crippen LogP contribution in [0.15, 0.2) is 53.1 Å². The summed E-state index contributed by atoms with van der Waals surface area (Å²) < 4.78 is 51.1. The van der Waals surface area contributed by atoms with Gasteiger partial charge >= 0.3 is 6.36 Å². The number of carbonyl (C=O) groups excluding carboxylic acids is 1. The quantitative estimate of drug-likeness (QED) is 0.610. The van der Waals surface area contributed by atoms with Crippen molar-refractivity contribution in [1.82, 2.24) is 15.5 Å². The van der Waals surface area contributed by atoms with Gasteiger partial charge in [0.25, 0.3) is 5.91 Å². The standard InChI is InChI=1S/C20H18F3N3O4/c1-12(2)28-16-5-3-4-14(10-16)19(27)24-11-17-25-18(26-30-17)13-6-8-15(9-7-13)29-20(21,22)23/h3-10,12H,11H2,1-2H3,(H,24,27). The van der Waals surface area contributed by atoms with Crippen molar-refractivity contribution in [3.63, 3.8) is 0 Å². The van der Waals surface area contributed by atoms with Gasteiger partial charge in [0.15, 0.2) is 0 Å². The number of benzene rings is 2. The van der Waals surface area contributed by atoms with Crippen LogP contribution in [0.2, 0.25) is 0 Å². The van der Waals surface area contributed by atoms with E-state index in [0.29, 0.717) is 16.9 Å². The van der Waals surface area contributed by atoms with Crippen LogP contribution in [0, 0.1) is 0 Å². The lowest BCUT2D eigenvalue weighted by atomic mass is 10.2. The minimum Gasteiger partial charge on any atom is -0.491 e. The van der Waals surface area contributed by atoms with Gasteiger partial charge in [0.1, 0.15) is 11.5 Å². The van der Waals surface area contributed by atoms with Crippen LogP contribution in [-0.4, -0.2) is 28.5 Å². The summed E-state index contributed by atoms with van der Waals surface area (Å²) in [4.78, 5) is 16.4. The first-order valence-electron chi connectivity index (χ1n) is 8.93. The Balaban J connectivity index is 1.60. The van der Waals surface area contributed by atoms with Gasteiger partial charge in [-0.1, -0.05) is 11.2 Å². The second-order valence-electron chi connectivity index (χ2n) is 6.46. The van der Waals surface area contributed by atoms with E-state index in [1.165, 1.54) is 12.1 Å². The zero-order chi connectivity index (χ0) is 21.7. The van der Waals surface area contributed by atoms with Crippen molar-refractivity contribution in [2.24, 2.45) is 0 Å². The SMILES string of the molecule is CC(C)Oc1cccc(C(=O)NCc2nc(-c3ccc(OC(F)(F)F)cc3)no2)c1. The molecule has 0 aliphatic heterocycles. The number of aromatic nitrogens is 2. The Bertz CT molecular complexity index is 1000. The summed E-state index contributed by atoms with van der Waals surface area (Å²) in [7, 11) is 0. The van der Waals surface area contributed by atoms with E-state index >= 15 is 0 Å². The van der Waals surface area contributed by atoms with Gasteiger partial charge in [-0.15, -0.1) is 13.2 Å². The predicted octanol–water partition coefficient (Wildman–Crippen LogP) is 4.35. The largest absolute Gasteiger partial charge is 0.573 e. The van der Waals surface area contributed by atoms with E-state index in [4.69, 9.17) is 9.26 Å². The first kappa shape index (κ1) is 21.2. The molecule has 0 aliphatic rings. The molecule has 0 spiro atoms. The lowest BCUT2D eigenvalue weighted by Gasteiger charge is -2.10. The second-order valence-corrected chi connectivity index (χ2v) is 6.46. The third kappa shape index (κ3) is 5.97. The molecular weight excluding hydrogens is 403 g/mol. The van der Waals surface area contributed by atoms with E-state index in [-0.39, 0.29) is 36.0 Å². The Morgan fingerprint density at radius 1 is 1.13 bits per heavy atom. The fourth-order valence-corrected chi connectivity index (χ4v) is 2.49. The van der Waals surface area contributed by atoms with Crippen LogP contribution in [-0.2, 0) is 6.54 Å². The van der Waals surface area contributed by atoms with Crippen LogP contribution >= 0.6 is 0 Å². The lowest BCUT2D eigenvalue weighted by Crippen LogP contribution is -2.23. The molecule has 1 heterocycles. The molecule has 0 atom stereocenters. The molecular formula is C20H18F3N3O4. The molecule has 0 aliphatic carbocycles. The van der Waals surface area contributed by atoms with Gasteiger partial charge in [-0.2, -0.15) is 4.98 Å². The lowest BCUT2D eigenvalue weighted by molar-refractivity contribution is -0.274. The topological polar surface area (TPSA) is 86.5 Å². The molecule has 0 radical (unpaired) electrons. The normalized spacial score (nSPS) is 11.4. The average Bonchev–Trinajstić information content (AvgIpc) is 3.14. The highest BCUT2D eigenvalue weighted by atomic mass is 19.4. The van der Waals surface area contributed by atoms with Gasteiger partial charge in [0, 0.05) is 11.1 Å². The zero-order valence-electron chi connectivity index (χ0n) is 16.1. The van der Waals surface area contributed by atoms with Crippen molar-refractivity contribution in [3.05, 3.63) is 60.0 Å². The van der Waals surface area contributed by atoms with Crippen LogP contribution in [0.25, 0.3) is 11.4 Å². The molecule has 1 aromatic heterocycles. The summed E-state index contributed by atoms with van der Waals surface area (Å²) in [6.07, 6.45) is -4.78. The number of nitrogens with zero attached hydrogens (tertiary/aromatic N) is 2. The molecule has 0 fully saturated rings. The van der Waals surface area contributed by atoms with E-state index in [1.54, 1.807) is 24.3 Å². The summed E-state index contributed by atoms with van der Waals surface area (Å²) >= 11 is 0. The molecule has 10 heteroatoms. The number of halogens is 3. The Morgan fingerprint density at radius 3 is 2.53 bits per heavy atom. The maximum Gasteiger partial charge on any atom is 0.573 e. The van der Waals surface area contributed by atoms with E-state index in [2.05, 4.69) is 20.2 Å². The third-order valence-electron chi connectivity index (χ3n) is 3.68. The van der Waals surface area contributed by atoms with Crippen LogP contribution in [0.1, 0.15) is 30.1 Å². The van der Waals surface area contributed by atoms with E-state index in [0.717, 1.165) is 12.1 Å². The summed E-state index contributed by atoms with van der Waals surface area (Å²) in [5, 5.41) is 6.43. The second kappa shape index (κ2) is 8.85. The van der Waals surface area contributed by atoms with Gasteiger partial charge in [-0.3, -0.25) is 4.79 Å². The predicted molar refractivity (Wildman–Crippen MR) is 99.8 cm³/mol. The molecule has 0 saturated carbocycles. The van der Waals surface area contributed by atoms with Crippen LogP contribution < -0.4 is 14.8 Å². The summed E-state index contributed by atoms with van der Waals surface area (Å²) in [5.74, 6) is 0.188. The number of rotatable bonds is 7. The highest BCUT2D eigenvalue weighted by Gasteiger charge is 2.31. The van der Waals surface area contributed by atoms with Crippen molar-refractivity contribution in [1.29, 1.82) is 0 Å². The highest BCUT2D eigenvalue weighted by Crippen LogP contribution is 2.25. The molecule has 3 aromatic rings. The summed E-state index contributed by atoms with van der Waals surface area (Å²) in [5.41, 5.74) is 0.845. The van der Waals surface area contributed by atoms with E-state index < -0.39 is 6.36 Å². The third-order valence-corrected chi connectivity index (χ3v) is 3.68. The van der Waals surface area contributed by atoms with Gasteiger partial charge in [-0.25, -0.2) is 0 Å². The fourth-order valence-electron chi connectivity index (χ4n) is 2.49. The highest BCUT2D eigenvalue weighted by molar-refractivity contribution is 5.94. The minimum absolute atomic E-state index is 0.0175. The number of carbonyl (C=O) groups is 1. The van der Waals surface area contributed by atoms with Crippen molar-refractivity contribution >= 4 is 5.91 Å². The van der Waals surface area contributed by atoms with Gasteiger partial charge in [0.2, 0.25) is 11.7 Å². The number of hydrogen-bond donors (Lipinski definition) is 1. The Kier molecular flexibility index (Phi) is 6.24. The monoisotopic (exact) mass is 421 g/mol. The summed E-state index contributed by atoms with van der Waals surface area (Å²) in [6.45, 7) is 3.75. The average molecular weight is 421 g/mol. The Labute approximate surface area is 169 Å². The van der Waals surface area contributed by atoms with Gasteiger partial charge in [0.05, 0.1) is 12.6 Å². The van der Waals surface area contributed by atoms with Crippen molar-refractivity contribution in [2.45, 2.75) is 32.9 Å². The molecule has 7 nitrogen and oxygen atoms in total. The molecule has 30 heavy (non-hydrogen) atoms. The molecule has 2 aromatic carbocycles. The molecule has 3 rings (SSSR count). The van der Waals surface area contributed by atoms with Gasteiger partial charge < -0.3 is 19.3 Å². The van der Waals surface area contributed by atoms with Crippen molar-refractivity contribution in [3.8, 4) is 22.9 Å². The molecule has 158 valence electrons. The maximum atomic E-state index is 12.3. The number of nitrogens with one attached hydrogen (secondary N) is 1. The van der Waals surface area contributed by atoms with E-state index in [1.807, 2.05) is 13.8 Å². The minimum atomic E-state index is -4.76. The van der Waals surface area contributed by atoms with Crippen LogP contribution in [0.5, 0.6) is 11.5 Å². The molecule has 0 saturated heterocycles. The smallest absolute Gasteiger partial charge is 0.491 e. The zero-order valence-corrected chi connectivity index (χ0v) is 16.1. The van der Waals surface area contributed by atoms with Gasteiger partial charge in [-0.05, 0) is 56.3 Å². The molecule has 1 N–H and O–H groups in total. The fraction of sp³-hybridized carbons (Fsp3) is 0.250. The van der Waals surface area contributed by atoms with Crippen molar-refractivity contribution < 1.29 is 32.0 Å². The first-order chi connectivity index (χ1) is 14.2. The first-order valence-corrected chi connectivity index (χ1v) is 8.93. The van der Waals surface area contributed by atoms with Crippen LogP contribution in [0.4, 0.5) is 13.2 Å². The summed E-state index contributed by atoms with van der Waals surface area (Å²) in [6, 6.07) is 11.8. The number of alkyl halides is 3. The maximum absolute atomic E-state index is 12.3. The van der Waals surface area contributed by atoms with Crippen LogP contribution in [0.3, 0.4) is 0 Å². The number of amides is 1. The molecule has 0 bridgehead atoms.